The SMILES string of the molecule is CC1(C)c2ccc(N3CCN[C@H](CC#N)C3)cc2-n2c1nc(=O)c1c(Cl)cccc12. The summed E-state index contributed by atoms with van der Waals surface area (Å²) in [7, 11) is 0. The topological polar surface area (TPSA) is 74.0 Å². The number of nitrogens with zero attached hydrogens (tertiary/aromatic N) is 4. The van der Waals surface area contributed by atoms with E-state index in [2.05, 4.69) is 57.9 Å². The highest BCUT2D eigenvalue weighted by atomic mass is 35.5. The third-order valence-electron chi connectivity index (χ3n) is 6.28. The molecule has 30 heavy (non-hydrogen) atoms. The molecule has 0 bridgehead atoms. The smallest absolute Gasteiger partial charge is 0.282 e. The minimum absolute atomic E-state index is 0.165. The van der Waals surface area contributed by atoms with Crippen LogP contribution in [-0.4, -0.2) is 35.2 Å². The van der Waals surface area contributed by atoms with Gasteiger partial charge >= 0.3 is 0 Å². The number of benzene rings is 2. The van der Waals surface area contributed by atoms with Crippen LogP contribution in [0.3, 0.4) is 0 Å². The Labute approximate surface area is 179 Å². The van der Waals surface area contributed by atoms with E-state index in [-0.39, 0.29) is 11.6 Å². The number of fused-ring (bicyclic) bond motifs is 5. The first-order chi connectivity index (χ1) is 14.4. The average Bonchev–Trinajstić information content (AvgIpc) is 2.95. The Bertz CT molecular complexity index is 1270. The molecule has 0 amide bonds. The molecule has 0 spiro atoms. The van der Waals surface area contributed by atoms with Crippen LogP contribution in [0.5, 0.6) is 0 Å². The van der Waals surface area contributed by atoms with Crippen molar-refractivity contribution in [3.63, 3.8) is 0 Å². The zero-order chi connectivity index (χ0) is 21.0. The summed E-state index contributed by atoms with van der Waals surface area (Å²) in [6.07, 6.45) is 0.491. The third-order valence-corrected chi connectivity index (χ3v) is 6.59. The van der Waals surface area contributed by atoms with Crippen molar-refractivity contribution in [2.45, 2.75) is 31.7 Å². The van der Waals surface area contributed by atoms with E-state index in [0.717, 1.165) is 47.9 Å². The fraction of sp³-hybridized carbons (Fsp3) is 0.348. The largest absolute Gasteiger partial charge is 0.369 e. The van der Waals surface area contributed by atoms with Crippen molar-refractivity contribution in [1.29, 1.82) is 5.26 Å². The van der Waals surface area contributed by atoms with Gasteiger partial charge in [-0.05, 0) is 43.7 Å². The Morgan fingerprint density at radius 1 is 1.33 bits per heavy atom. The van der Waals surface area contributed by atoms with Gasteiger partial charge in [-0.1, -0.05) is 23.7 Å². The van der Waals surface area contributed by atoms with Gasteiger partial charge in [-0.2, -0.15) is 10.2 Å². The van der Waals surface area contributed by atoms with E-state index in [1.165, 1.54) is 0 Å². The molecule has 2 aliphatic rings. The van der Waals surface area contributed by atoms with Gasteiger partial charge in [0.1, 0.15) is 5.82 Å². The number of rotatable bonds is 2. The molecule has 1 fully saturated rings. The minimum Gasteiger partial charge on any atom is -0.369 e. The lowest BCUT2D eigenvalue weighted by molar-refractivity contribution is 0.463. The fourth-order valence-electron chi connectivity index (χ4n) is 4.75. The molecule has 7 heteroatoms. The number of hydrogen-bond acceptors (Lipinski definition) is 5. The standard InChI is InChI=1S/C23H22ClN5O/c1-23(2)16-7-6-15(28-11-10-26-14(13-28)8-9-25)12-19(16)29-18-5-3-4-17(24)20(18)21(30)27-22(23)29/h3-7,12,14,26H,8,10-11,13H2,1-2H3/t14-/m1/s1. The van der Waals surface area contributed by atoms with Crippen molar-refractivity contribution < 1.29 is 0 Å². The molecule has 5 rings (SSSR count). The molecule has 2 aromatic carbocycles. The minimum atomic E-state index is -0.393. The Morgan fingerprint density at radius 2 is 2.17 bits per heavy atom. The number of anilines is 1. The van der Waals surface area contributed by atoms with Gasteiger partial charge in [0.05, 0.1) is 39.5 Å². The predicted octanol–water partition coefficient (Wildman–Crippen LogP) is 3.37. The first-order valence-corrected chi connectivity index (χ1v) is 10.5. The van der Waals surface area contributed by atoms with Crippen LogP contribution < -0.4 is 15.8 Å². The van der Waals surface area contributed by atoms with Gasteiger partial charge in [0.2, 0.25) is 0 Å². The van der Waals surface area contributed by atoms with E-state index in [9.17, 15) is 4.79 Å². The van der Waals surface area contributed by atoms with E-state index in [4.69, 9.17) is 16.9 Å². The van der Waals surface area contributed by atoms with Gasteiger partial charge in [-0.3, -0.25) is 9.36 Å². The summed E-state index contributed by atoms with van der Waals surface area (Å²) in [5.41, 5.74) is 3.37. The lowest BCUT2D eigenvalue weighted by atomic mass is 9.85. The lowest BCUT2D eigenvalue weighted by Gasteiger charge is -2.34. The van der Waals surface area contributed by atoms with E-state index < -0.39 is 5.41 Å². The molecule has 1 N–H and O–H groups in total. The summed E-state index contributed by atoms with van der Waals surface area (Å²) in [5.74, 6) is 0.733. The van der Waals surface area contributed by atoms with Gasteiger partial charge in [0.15, 0.2) is 0 Å². The van der Waals surface area contributed by atoms with Gasteiger partial charge < -0.3 is 10.2 Å². The van der Waals surface area contributed by atoms with Crippen molar-refractivity contribution in [2.75, 3.05) is 24.5 Å². The van der Waals surface area contributed by atoms with Crippen LogP contribution in [-0.2, 0) is 5.41 Å². The van der Waals surface area contributed by atoms with Crippen LogP contribution in [0.4, 0.5) is 5.69 Å². The van der Waals surface area contributed by atoms with Crippen molar-refractivity contribution >= 4 is 28.2 Å². The van der Waals surface area contributed by atoms with E-state index >= 15 is 0 Å². The zero-order valence-corrected chi connectivity index (χ0v) is 17.7. The van der Waals surface area contributed by atoms with Crippen LogP contribution in [0.15, 0.2) is 41.2 Å². The highest BCUT2D eigenvalue weighted by Gasteiger charge is 2.39. The molecule has 1 aromatic heterocycles. The second-order valence-corrected chi connectivity index (χ2v) is 8.90. The second-order valence-electron chi connectivity index (χ2n) is 8.50. The van der Waals surface area contributed by atoms with Gasteiger partial charge in [0, 0.05) is 31.4 Å². The number of piperazine rings is 1. The molecule has 0 radical (unpaired) electrons. The average molecular weight is 420 g/mol. The monoisotopic (exact) mass is 419 g/mol. The highest BCUT2D eigenvalue weighted by Crippen LogP contribution is 2.44. The Kier molecular flexibility index (Phi) is 4.35. The quantitative estimate of drug-likeness (QED) is 0.689. The number of halogens is 1. The Balaban J connectivity index is 1.70. The maximum Gasteiger partial charge on any atom is 0.282 e. The summed E-state index contributed by atoms with van der Waals surface area (Å²) in [6.45, 7) is 6.71. The van der Waals surface area contributed by atoms with Crippen molar-refractivity contribution in [3.05, 3.63) is 63.2 Å². The Hall–Kier alpha value is -2.88. The van der Waals surface area contributed by atoms with Gasteiger partial charge in [-0.25, -0.2) is 0 Å². The van der Waals surface area contributed by atoms with Crippen LogP contribution in [0.25, 0.3) is 16.6 Å². The lowest BCUT2D eigenvalue weighted by Crippen LogP contribution is -2.50. The molecule has 1 saturated heterocycles. The van der Waals surface area contributed by atoms with Crippen molar-refractivity contribution in [1.82, 2.24) is 14.9 Å². The van der Waals surface area contributed by atoms with Crippen LogP contribution in [0.1, 0.15) is 31.7 Å². The van der Waals surface area contributed by atoms with Crippen LogP contribution in [0.2, 0.25) is 5.02 Å². The predicted molar refractivity (Wildman–Crippen MR) is 119 cm³/mol. The summed E-state index contributed by atoms with van der Waals surface area (Å²) < 4.78 is 2.08. The number of hydrogen-bond donors (Lipinski definition) is 1. The maximum absolute atomic E-state index is 12.8. The van der Waals surface area contributed by atoms with Crippen molar-refractivity contribution in [2.24, 2.45) is 0 Å². The van der Waals surface area contributed by atoms with E-state index in [1.54, 1.807) is 6.07 Å². The molecule has 1 atom stereocenters. The molecule has 6 nitrogen and oxygen atoms in total. The van der Waals surface area contributed by atoms with E-state index in [1.807, 2.05) is 12.1 Å². The fourth-order valence-corrected chi connectivity index (χ4v) is 5.00. The molecular weight excluding hydrogens is 398 g/mol. The third kappa shape index (κ3) is 2.73. The number of nitriles is 1. The molecule has 3 heterocycles. The first kappa shape index (κ1) is 19.1. The molecule has 152 valence electrons. The zero-order valence-electron chi connectivity index (χ0n) is 16.9. The van der Waals surface area contributed by atoms with E-state index in [0.29, 0.717) is 16.8 Å². The summed E-state index contributed by atoms with van der Waals surface area (Å²) in [6, 6.07) is 14.4. The molecule has 3 aromatic rings. The Morgan fingerprint density at radius 3 is 2.97 bits per heavy atom. The highest BCUT2D eigenvalue weighted by molar-refractivity contribution is 6.35. The number of nitrogens with one attached hydrogen (secondary N) is 1. The summed E-state index contributed by atoms with van der Waals surface area (Å²) >= 11 is 6.37. The first-order valence-electron chi connectivity index (χ1n) is 10.1. The second kappa shape index (κ2) is 6.83. The molecule has 2 aliphatic heterocycles. The summed E-state index contributed by atoms with van der Waals surface area (Å²) in [4.78, 5) is 19.5. The molecule has 0 saturated carbocycles. The number of aromatic nitrogens is 2. The van der Waals surface area contributed by atoms with Gasteiger partial charge in [0.25, 0.3) is 5.56 Å². The summed E-state index contributed by atoms with van der Waals surface area (Å²) in [5, 5.41) is 13.3. The van der Waals surface area contributed by atoms with Crippen molar-refractivity contribution in [3.8, 4) is 11.8 Å². The van der Waals surface area contributed by atoms with Gasteiger partial charge in [-0.15, -0.1) is 0 Å². The van der Waals surface area contributed by atoms with Crippen LogP contribution >= 0.6 is 11.6 Å². The molecule has 0 unspecified atom stereocenters. The normalized spacial score (nSPS) is 19.4. The molecule has 0 aliphatic carbocycles. The molecular formula is C23H22ClN5O. The van der Waals surface area contributed by atoms with Crippen LogP contribution in [0, 0.1) is 11.3 Å². The maximum atomic E-state index is 12.8.